The summed E-state index contributed by atoms with van der Waals surface area (Å²) in [5.41, 5.74) is 0. The molecule has 0 saturated carbocycles. The summed E-state index contributed by atoms with van der Waals surface area (Å²) in [6.07, 6.45) is 56.2. The number of hydrogen-bond donors (Lipinski definition) is 3. The smallest absolute Gasteiger partial charge is 0.462 e. The lowest BCUT2D eigenvalue weighted by Crippen LogP contribution is -2.30. The van der Waals surface area contributed by atoms with E-state index >= 15 is 0 Å². The lowest BCUT2D eigenvalue weighted by molar-refractivity contribution is -0.161. The average Bonchev–Trinajstić information content (AvgIpc) is 1.73. The summed E-state index contributed by atoms with van der Waals surface area (Å²) in [5.74, 6) is -1.36. The van der Waals surface area contributed by atoms with Gasteiger partial charge in [0, 0.05) is 25.7 Å². The highest BCUT2D eigenvalue weighted by Crippen LogP contribution is 2.45. The van der Waals surface area contributed by atoms with Crippen molar-refractivity contribution < 1.29 is 80.2 Å². The van der Waals surface area contributed by atoms with Crippen LogP contribution in [-0.2, 0) is 65.4 Å². The molecule has 0 saturated heterocycles. The van der Waals surface area contributed by atoms with Crippen molar-refractivity contribution >= 4 is 39.5 Å². The number of allylic oxidation sites excluding steroid dienone is 4. The highest BCUT2D eigenvalue weighted by atomic mass is 31.2. The van der Waals surface area contributed by atoms with Crippen molar-refractivity contribution in [2.75, 3.05) is 39.6 Å². The Balaban J connectivity index is 5.26. The molecule has 92 heavy (non-hydrogen) atoms. The predicted molar refractivity (Wildman–Crippen MR) is 372 cm³/mol. The zero-order valence-electron chi connectivity index (χ0n) is 59.2. The Morgan fingerprint density at radius 2 is 0.587 bits per heavy atom. The number of unbranched alkanes of at least 4 members (excludes halogenated alkanes) is 40. The topological polar surface area (TPSA) is 237 Å². The van der Waals surface area contributed by atoms with Crippen molar-refractivity contribution in [3.8, 4) is 0 Å². The number of ether oxygens (including phenoxy) is 4. The van der Waals surface area contributed by atoms with Crippen LogP contribution in [0.3, 0.4) is 0 Å². The van der Waals surface area contributed by atoms with Crippen LogP contribution in [0.25, 0.3) is 0 Å². The number of phosphoric acid groups is 2. The van der Waals surface area contributed by atoms with Crippen LogP contribution in [0.1, 0.15) is 356 Å². The SMILES string of the molecule is CCCCCC/C=C\C=C/CCCCCCCC(=O)OC[C@H](COP(=O)(O)OC[C@@H](O)COP(=O)(O)OC[C@@H](COC(=O)CCCCCCCCCCC)OC(=O)CCCCCCCCCCCCC)OC(=O)CCCCCCCCCCCCCCCCC(C)C. The van der Waals surface area contributed by atoms with Crippen LogP contribution in [0.15, 0.2) is 24.3 Å². The number of carbonyl (C=O) groups excluding carboxylic acids is 4. The molecule has 17 nitrogen and oxygen atoms in total. The van der Waals surface area contributed by atoms with Gasteiger partial charge in [-0.3, -0.25) is 37.3 Å². The van der Waals surface area contributed by atoms with E-state index in [1.807, 2.05) is 0 Å². The summed E-state index contributed by atoms with van der Waals surface area (Å²) in [5, 5.41) is 10.6. The van der Waals surface area contributed by atoms with Gasteiger partial charge in [0.05, 0.1) is 26.4 Å². The van der Waals surface area contributed by atoms with Crippen molar-refractivity contribution in [2.45, 2.75) is 374 Å². The molecule has 0 aliphatic heterocycles. The standard InChI is InChI=1S/C73H138O17P2/c1-6-9-12-15-18-21-23-24-25-29-33-37-42-47-52-57-71(76)84-63-69(90-73(78)59-54-49-44-39-34-30-27-26-28-32-36-40-45-50-55-66(4)5)65-88-92(81,82)86-61-67(74)60-85-91(79,80)87-64-68(62-83-70(75)56-51-46-41-35-20-17-14-11-8-3)89-72(77)58-53-48-43-38-31-22-19-16-13-10-7-2/h21,23-25,66-69,74H,6-20,22,26-65H2,1-5H3,(H,79,80)(H,81,82)/b23-21-,25-24-/t67-,68+,69+/m0/s1. The van der Waals surface area contributed by atoms with Crippen molar-refractivity contribution in [1.82, 2.24) is 0 Å². The fraction of sp³-hybridized carbons (Fsp3) is 0.890. The van der Waals surface area contributed by atoms with Gasteiger partial charge in [-0.05, 0) is 57.3 Å². The Morgan fingerprint density at radius 1 is 0.337 bits per heavy atom. The number of aliphatic hydroxyl groups is 1. The number of carbonyl (C=O) groups is 4. The molecule has 0 bridgehead atoms. The van der Waals surface area contributed by atoms with E-state index in [4.69, 9.17) is 37.0 Å². The van der Waals surface area contributed by atoms with Crippen LogP contribution in [0, 0.1) is 5.92 Å². The van der Waals surface area contributed by atoms with Gasteiger partial charge in [-0.2, -0.15) is 0 Å². The number of rotatable bonds is 71. The first-order chi connectivity index (χ1) is 44.5. The molecule has 0 heterocycles. The van der Waals surface area contributed by atoms with Gasteiger partial charge >= 0.3 is 39.5 Å². The second kappa shape index (κ2) is 65.8. The van der Waals surface area contributed by atoms with Gasteiger partial charge in [-0.1, -0.05) is 303 Å². The third-order valence-corrected chi connectivity index (χ3v) is 18.3. The molecule has 2 unspecified atom stereocenters. The minimum atomic E-state index is -4.96. The van der Waals surface area contributed by atoms with Gasteiger partial charge in [0.15, 0.2) is 12.2 Å². The Kier molecular flexibility index (Phi) is 64.0. The van der Waals surface area contributed by atoms with Gasteiger partial charge in [0.1, 0.15) is 19.3 Å². The normalized spacial score (nSPS) is 14.2. The maximum atomic E-state index is 13.0. The molecule has 0 rings (SSSR count). The number of esters is 4. The predicted octanol–water partition coefficient (Wildman–Crippen LogP) is 20.9. The Morgan fingerprint density at radius 3 is 0.891 bits per heavy atom. The van der Waals surface area contributed by atoms with Gasteiger partial charge in [0.25, 0.3) is 0 Å². The summed E-state index contributed by atoms with van der Waals surface area (Å²) in [6, 6.07) is 0. The molecule has 0 aromatic rings. The van der Waals surface area contributed by atoms with Crippen molar-refractivity contribution in [3.63, 3.8) is 0 Å². The molecule has 3 N–H and O–H groups in total. The van der Waals surface area contributed by atoms with Gasteiger partial charge < -0.3 is 33.8 Å². The number of aliphatic hydroxyl groups excluding tert-OH is 1. The van der Waals surface area contributed by atoms with Crippen LogP contribution < -0.4 is 0 Å². The molecule has 0 aromatic carbocycles. The van der Waals surface area contributed by atoms with Crippen molar-refractivity contribution in [3.05, 3.63) is 24.3 Å². The molecule has 0 aromatic heterocycles. The van der Waals surface area contributed by atoms with Gasteiger partial charge in [0.2, 0.25) is 0 Å². The molecule has 0 spiro atoms. The summed E-state index contributed by atoms with van der Waals surface area (Å²) in [7, 11) is -9.91. The lowest BCUT2D eigenvalue weighted by Gasteiger charge is -2.21. The zero-order chi connectivity index (χ0) is 67.7. The van der Waals surface area contributed by atoms with E-state index in [1.165, 1.54) is 161 Å². The molecule has 0 aliphatic carbocycles. The largest absolute Gasteiger partial charge is 0.472 e. The number of hydrogen-bond acceptors (Lipinski definition) is 15. The Bertz CT molecular complexity index is 1860. The quantitative estimate of drug-likeness (QED) is 0.0169. The molecule has 0 aliphatic rings. The molecule has 0 fully saturated rings. The van der Waals surface area contributed by atoms with Crippen LogP contribution in [0.2, 0.25) is 0 Å². The molecule has 542 valence electrons. The van der Waals surface area contributed by atoms with E-state index in [0.717, 1.165) is 115 Å². The number of phosphoric ester groups is 2. The van der Waals surface area contributed by atoms with Crippen molar-refractivity contribution in [2.24, 2.45) is 5.92 Å². The van der Waals surface area contributed by atoms with Gasteiger partial charge in [-0.25, -0.2) is 9.13 Å². The minimum absolute atomic E-state index is 0.101. The van der Waals surface area contributed by atoms with E-state index in [9.17, 15) is 43.2 Å². The highest BCUT2D eigenvalue weighted by molar-refractivity contribution is 7.47. The van der Waals surface area contributed by atoms with Crippen LogP contribution >= 0.6 is 15.6 Å². The third kappa shape index (κ3) is 66.2. The third-order valence-electron chi connectivity index (χ3n) is 16.4. The van der Waals surface area contributed by atoms with Crippen molar-refractivity contribution in [1.29, 1.82) is 0 Å². The second-order valence-corrected chi connectivity index (χ2v) is 29.0. The first kappa shape index (κ1) is 89.5. The Hall–Kier alpha value is -2.46. The monoisotopic (exact) mass is 1350 g/mol. The first-order valence-corrected chi connectivity index (χ1v) is 40.4. The molecular formula is C73H138O17P2. The van der Waals surface area contributed by atoms with E-state index in [0.29, 0.717) is 25.7 Å². The molecule has 19 heteroatoms. The summed E-state index contributed by atoms with van der Waals surface area (Å²) >= 11 is 0. The van der Waals surface area contributed by atoms with Crippen LogP contribution in [0.5, 0.6) is 0 Å². The molecular weight excluding hydrogens is 1210 g/mol. The summed E-state index contributed by atoms with van der Waals surface area (Å²) < 4.78 is 68.3. The van der Waals surface area contributed by atoms with Crippen LogP contribution in [-0.4, -0.2) is 96.7 Å². The summed E-state index contributed by atoms with van der Waals surface area (Å²) in [4.78, 5) is 72.6. The zero-order valence-corrected chi connectivity index (χ0v) is 61.0. The van der Waals surface area contributed by atoms with E-state index in [2.05, 4.69) is 58.9 Å². The highest BCUT2D eigenvalue weighted by Gasteiger charge is 2.30. The fourth-order valence-corrected chi connectivity index (χ4v) is 12.2. The summed E-state index contributed by atoms with van der Waals surface area (Å²) in [6.45, 7) is 7.20. The van der Waals surface area contributed by atoms with E-state index in [-0.39, 0.29) is 25.7 Å². The molecule has 0 radical (unpaired) electrons. The molecule has 5 atom stereocenters. The van der Waals surface area contributed by atoms with Crippen LogP contribution in [0.4, 0.5) is 0 Å². The Labute approximate surface area is 561 Å². The average molecular weight is 1350 g/mol. The lowest BCUT2D eigenvalue weighted by atomic mass is 10.0. The van der Waals surface area contributed by atoms with E-state index < -0.39 is 97.5 Å². The van der Waals surface area contributed by atoms with E-state index in [1.54, 1.807) is 0 Å². The minimum Gasteiger partial charge on any atom is -0.462 e. The molecule has 0 amide bonds. The maximum Gasteiger partial charge on any atom is 0.472 e. The first-order valence-electron chi connectivity index (χ1n) is 37.5. The van der Waals surface area contributed by atoms with Gasteiger partial charge in [-0.15, -0.1) is 0 Å². The maximum absolute atomic E-state index is 13.0. The fourth-order valence-electron chi connectivity index (χ4n) is 10.6. The second-order valence-electron chi connectivity index (χ2n) is 26.1.